The number of aromatic nitrogens is 2. The van der Waals surface area contributed by atoms with Crippen molar-refractivity contribution >= 4 is 17.4 Å². The van der Waals surface area contributed by atoms with Gasteiger partial charge in [-0.15, -0.1) is 0 Å². The molecular weight excluding hydrogens is 354 g/mol. The summed E-state index contributed by atoms with van der Waals surface area (Å²) in [6, 6.07) is 9.15. The van der Waals surface area contributed by atoms with Gasteiger partial charge in [0.15, 0.2) is 0 Å². The van der Waals surface area contributed by atoms with Gasteiger partial charge in [0.2, 0.25) is 0 Å². The first-order valence-electron chi connectivity index (χ1n) is 9.07. The van der Waals surface area contributed by atoms with Crippen LogP contribution in [0.3, 0.4) is 0 Å². The molecule has 2 N–H and O–H groups in total. The van der Waals surface area contributed by atoms with Crippen molar-refractivity contribution in [1.82, 2.24) is 15.1 Å². The first-order chi connectivity index (χ1) is 13.5. The second-order valence-corrected chi connectivity index (χ2v) is 6.23. The van der Waals surface area contributed by atoms with Crippen molar-refractivity contribution < 1.29 is 14.7 Å². The average molecular weight is 379 g/mol. The van der Waals surface area contributed by atoms with E-state index < -0.39 is 5.97 Å². The molecule has 0 saturated heterocycles. The highest BCUT2D eigenvalue weighted by Gasteiger charge is 2.12. The van der Waals surface area contributed by atoms with Crippen LogP contribution in [0.5, 0.6) is 0 Å². The van der Waals surface area contributed by atoms with Crippen LogP contribution in [0.25, 0.3) is 5.57 Å². The van der Waals surface area contributed by atoms with Crippen LogP contribution in [0.15, 0.2) is 67.4 Å². The van der Waals surface area contributed by atoms with Gasteiger partial charge in [0.1, 0.15) is 0 Å². The fourth-order valence-corrected chi connectivity index (χ4v) is 2.62. The van der Waals surface area contributed by atoms with Crippen molar-refractivity contribution in [2.75, 3.05) is 6.54 Å². The van der Waals surface area contributed by atoms with E-state index in [0.717, 1.165) is 16.8 Å². The molecule has 0 radical (unpaired) electrons. The number of allylic oxidation sites excluding steroid dienone is 5. The van der Waals surface area contributed by atoms with E-state index in [-0.39, 0.29) is 24.9 Å². The Bertz CT molecular complexity index is 892. The Morgan fingerprint density at radius 3 is 2.61 bits per heavy atom. The normalized spacial score (nSPS) is 12.7. The average Bonchev–Trinajstić information content (AvgIpc) is 3.18. The molecule has 2 aromatic rings. The van der Waals surface area contributed by atoms with E-state index in [1.807, 2.05) is 61.2 Å². The highest BCUT2D eigenvalue weighted by Crippen LogP contribution is 2.20. The van der Waals surface area contributed by atoms with Crippen LogP contribution in [0.1, 0.15) is 47.9 Å². The monoisotopic (exact) mass is 379 g/mol. The Balaban J connectivity index is 2.09. The van der Waals surface area contributed by atoms with E-state index >= 15 is 0 Å². The molecule has 1 aromatic carbocycles. The van der Waals surface area contributed by atoms with Gasteiger partial charge in [0.25, 0.3) is 5.91 Å². The summed E-state index contributed by atoms with van der Waals surface area (Å²) in [5, 5.41) is 15.8. The van der Waals surface area contributed by atoms with Crippen LogP contribution in [0, 0.1) is 0 Å². The number of carbonyl (C=O) groups excluding carboxylic acids is 1. The Kier molecular flexibility index (Phi) is 7.51. The lowest BCUT2D eigenvalue weighted by molar-refractivity contribution is -0.136. The van der Waals surface area contributed by atoms with Crippen LogP contribution in [0.2, 0.25) is 0 Å². The van der Waals surface area contributed by atoms with Crippen molar-refractivity contribution in [2.45, 2.75) is 26.3 Å². The molecule has 1 amide bonds. The molecule has 0 bridgehead atoms. The molecule has 28 heavy (non-hydrogen) atoms. The fourth-order valence-electron chi connectivity index (χ4n) is 2.62. The summed E-state index contributed by atoms with van der Waals surface area (Å²) in [7, 11) is 0. The van der Waals surface area contributed by atoms with Crippen molar-refractivity contribution in [2.24, 2.45) is 0 Å². The van der Waals surface area contributed by atoms with E-state index in [4.69, 9.17) is 5.11 Å². The highest BCUT2D eigenvalue weighted by molar-refractivity contribution is 5.94. The van der Waals surface area contributed by atoms with Gasteiger partial charge in [-0.2, -0.15) is 5.10 Å². The maximum Gasteiger partial charge on any atom is 0.305 e. The quantitative estimate of drug-likeness (QED) is 0.648. The summed E-state index contributed by atoms with van der Waals surface area (Å²) in [4.78, 5) is 22.5. The number of aliphatic carboxylic acids is 1. The highest BCUT2D eigenvalue weighted by atomic mass is 16.4. The SMILES string of the molecule is C=C/C(=C\C=C/C)c1ccn(C(C)c2ccc(C(=O)NCCC(=O)O)cc2)n1. The van der Waals surface area contributed by atoms with E-state index in [1.165, 1.54) is 0 Å². The van der Waals surface area contributed by atoms with E-state index in [2.05, 4.69) is 17.0 Å². The number of nitrogens with zero attached hydrogens (tertiary/aromatic N) is 2. The Morgan fingerprint density at radius 2 is 2.00 bits per heavy atom. The van der Waals surface area contributed by atoms with E-state index in [9.17, 15) is 9.59 Å². The van der Waals surface area contributed by atoms with Crippen molar-refractivity contribution in [3.05, 3.63) is 84.2 Å². The molecular formula is C22H25N3O3. The summed E-state index contributed by atoms with van der Waals surface area (Å²) >= 11 is 0. The first-order valence-corrected chi connectivity index (χ1v) is 9.07. The van der Waals surface area contributed by atoms with Gasteiger partial charge >= 0.3 is 5.97 Å². The molecule has 2 rings (SSSR count). The van der Waals surface area contributed by atoms with Crippen molar-refractivity contribution in [3.63, 3.8) is 0 Å². The van der Waals surface area contributed by atoms with Gasteiger partial charge in [-0.05, 0) is 37.6 Å². The Labute approximate surface area is 164 Å². The van der Waals surface area contributed by atoms with Gasteiger partial charge in [-0.1, -0.05) is 43.0 Å². The van der Waals surface area contributed by atoms with Crippen LogP contribution < -0.4 is 5.32 Å². The zero-order valence-electron chi connectivity index (χ0n) is 16.1. The number of benzene rings is 1. The largest absolute Gasteiger partial charge is 0.481 e. The predicted octanol–water partition coefficient (Wildman–Crippen LogP) is 3.84. The predicted molar refractivity (Wildman–Crippen MR) is 110 cm³/mol. The number of carbonyl (C=O) groups is 2. The van der Waals surface area contributed by atoms with E-state index in [0.29, 0.717) is 5.56 Å². The lowest BCUT2D eigenvalue weighted by Crippen LogP contribution is -2.26. The molecule has 0 aliphatic heterocycles. The Morgan fingerprint density at radius 1 is 1.29 bits per heavy atom. The number of hydrogen-bond donors (Lipinski definition) is 2. The lowest BCUT2D eigenvalue weighted by atomic mass is 10.1. The summed E-state index contributed by atoms with van der Waals surface area (Å²) in [6.07, 6.45) is 9.44. The number of nitrogens with one attached hydrogen (secondary N) is 1. The zero-order valence-corrected chi connectivity index (χ0v) is 16.1. The number of hydrogen-bond acceptors (Lipinski definition) is 3. The van der Waals surface area contributed by atoms with Crippen LogP contribution >= 0.6 is 0 Å². The second kappa shape index (κ2) is 10.1. The third-order valence-corrected chi connectivity index (χ3v) is 4.27. The molecule has 146 valence electrons. The zero-order chi connectivity index (χ0) is 20.5. The first kappa shape index (κ1) is 20.9. The molecule has 1 atom stereocenters. The molecule has 1 unspecified atom stereocenters. The number of rotatable bonds is 9. The minimum Gasteiger partial charge on any atom is -0.481 e. The smallest absolute Gasteiger partial charge is 0.305 e. The van der Waals surface area contributed by atoms with E-state index in [1.54, 1.807) is 18.2 Å². The molecule has 0 spiro atoms. The fraction of sp³-hybridized carbons (Fsp3) is 0.227. The summed E-state index contributed by atoms with van der Waals surface area (Å²) in [5.74, 6) is -1.23. The molecule has 0 aliphatic carbocycles. The van der Waals surface area contributed by atoms with Crippen molar-refractivity contribution in [1.29, 1.82) is 0 Å². The summed E-state index contributed by atoms with van der Waals surface area (Å²) in [6.45, 7) is 7.93. The van der Waals surface area contributed by atoms with Crippen LogP contribution in [-0.4, -0.2) is 33.3 Å². The number of carboxylic acid groups (broad SMARTS) is 1. The number of carboxylic acids is 1. The molecule has 0 fully saturated rings. The third-order valence-electron chi connectivity index (χ3n) is 4.27. The maximum atomic E-state index is 12.0. The molecule has 1 aromatic heterocycles. The topological polar surface area (TPSA) is 84.2 Å². The van der Waals surface area contributed by atoms with Gasteiger partial charge in [-0.3, -0.25) is 14.3 Å². The molecule has 1 heterocycles. The molecule has 6 nitrogen and oxygen atoms in total. The molecule has 6 heteroatoms. The van der Waals surface area contributed by atoms with Gasteiger partial charge in [-0.25, -0.2) is 0 Å². The molecule has 0 saturated carbocycles. The van der Waals surface area contributed by atoms with Crippen LogP contribution in [-0.2, 0) is 4.79 Å². The summed E-state index contributed by atoms with van der Waals surface area (Å²) < 4.78 is 1.87. The van der Waals surface area contributed by atoms with Gasteiger partial charge in [0.05, 0.1) is 18.2 Å². The number of amides is 1. The lowest BCUT2D eigenvalue weighted by Gasteiger charge is -2.13. The van der Waals surface area contributed by atoms with Crippen LogP contribution in [0.4, 0.5) is 0 Å². The van der Waals surface area contributed by atoms with Crippen molar-refractivity contribution in [3.8, 4) is 0 Å². The maximum absolute atomic E-state index is 12.0. The minimum absolute atomic E-state index is 0.00865. The van der Waals surface area contributed by atoms with Gasteiger partial charge < -0.3 is 10.4 Å². The Hall–Kier alpha value is -3.41. The minimum atomic E-state index is -0.941. The third kappa shape index (κ3) is 5.54. The molecule has 0 aliphatic rings. The second-order valence-electron chi connectivity index (χ2n) is 6.23. The van der Waals surface area contributed by atoms with Gasteiger partial charge in [0, 0.05) is 23.9 Å². The standard InChI is InChI=1S/C22H25N3O3/c1-4-6-7-17(5-2)20-13-15-25(24-20)16(3)18-8-10-19(11-9-18)22(28)23-14-12-21(26)27/h4-11,13,15-16H,2,12,14H2,1,3H3,(H,23,28)(H,26,27)/b6-4-,17-7+. The summed E-state index contributed by atoms with van der Waals surface area (Å²) in [5.41, 5.74) is 3.28.